The van der Waals surface area contributed by atoms with Crippen LogP contribution in [0, 0.1) is 0 Å². The highest BCUT2D eigenvalue weighted by Gasteiger charge is 2.09. The number of anilines is 2. The van der Waals surface area contributed by atoms with Crippen LogP contribution in [0.15, 0.2) is 546 Å². The molecule has 0 amide bonds. The van der Waals surface area contributed by atoms with E-state index in [2.05, 4.69) is 527 Å². The molecule has 0 fully saturated rings. The van der Waals surface area contributed by atoms with Crippen LogP contribution in [-0.4, -0.2) is 0 Å². The topological polar surface area (TPSA) is 12.0 Å². The maximum Gasteiger partial charge on any atom is 0.0463 e. The van der Waals surface area contributed by atoms with Gasteiger partial charge in [-0.1, -0.05) is 528 Å². The Morgan fingerprint density at radius 3 is 0.581 bits per heavy atom. The van der Waals surface area contributed by atoms with Crippen LogP contribution in [-0.2, 0) is 32.1 Å². The van der Waals surface area contributed by atoms with Gasteiger partial charge in [0.2, 0.25) is 0 Å². The smallest absolute Gasteiger partial charge is 0.0463 e. The van der Waals surface area contributed by atoms with Crippen LogP contribution in [0.2, 0.25) is 0 Å². The zero-order valence-corrected chi connectivity index (χ0v) is 70.0. The number of benzene rings is 20. The average molecular weight is 1590 g/mol. The zero-order valence-electron chi connectivity index (χ0n) is 70.0. The summed E-state index contributed by atoms with van der Waals surface area (Å²) in [5, 5.41) is 5.95. The molecule has 0 aliphatic heterocycles. The summed E-state index contributed by atoms with van der Waals surface area (Å²) in [7, 11) is 0. The second-order valence-electron chi connectivity index (χ2n) is 30.8. The monoisotopic (exact) mass is 1590 g/mol. The van der Waals surface area contributed by atoms with Crippen molar-refractivity contribution < 1.29 is 0 Å². The molecular weight excluding hydrogens is 1490 g/mol. The highest BCUT2D eigenvalue weighted by Crippen LogP contribution is 2.31. The number of hydrogen-bond acceptors (Lipinski definition) is 1. The quantitative estimate of drug-likeness (QED) is 0.0851. The Morgan fingerprint density at radius 1 is 0.121 bits per heavy atom. The minimum absolute atomic E-state index is 0.946. The van der Waals surface area contributed by atoms with Crippen molar-refractivity contribution in [2.24, 2.45) is 0 Å². The van der Waals surface area contributed by atoms with Gasteiger partial charge in [-0.15, -0.1) is 0 Å². The van der Waals surface area contributed by atoms with Gasteiger partial charge in [0.1, 0.15) is 0 Å². The molecule has 1 N–H and O–H groups in total. The highest BCUT2D eigenvalue weighted by molar-refractivity contribution is 5.95. The number of rotatable bonds is 19. The van der Waals surface area contributed by atoms with Crippen LogP contribution in [0.1, 0.15) is 55.6 Å². The van der Waals surface area contributed by atoms with Crippen LogP contribution >= 0.6 is 0 Å². The molecule has 0 aliphatic rings. The Labute approximate surface area is 734 Å². The fraction of sp³-hybridized carbons (Fsp3) is 0.0407. The molecular formula is C123H101N. The summed E-state index contributed by atoms with van der Waals surface area (Å²) < 4.78 is 0. The molecule has 0 atom stereocenters. The van der Waals surface area contributed by atoms with Crippen molar-refractivity contribution in [2.75, 3.05) is 5.32 Å². The van der Waals surface area contributed by atoms with Gasteiger partial charge in [0.05, 0.1) is 0 Å². The first-order valence-electron chi connectivity index (χ1n) is 42.9. The number of fused-ring (bicyclic) bond motifs is 1. The Morgan fingerprint density at radius 2 is 0.298 bits per heavy atom. The maximum absolute atomic E-state index is 3.45. The van der Waals surface area contributed by atoms with Gasteiger partial charge in [0, 0.05) is 16.8 Å². The lowest BCUT2D eigenvalue weighted by atomic mass is 9.97. The fourth-order valence-corrected chi connectivity index (χ4v) is 15.2. The summed E-state index contributed by atoms with van der Waals surface area (Å²) in [6.45, 7) is 0. The molecule has 0 aliphatic carbocycles. The lowest BCUT2D eigenvalue weighted by molar-refractivity contribution is 1.19. The maximum atomic E-state index is 3.45. The summed E-state index contributed by atoms with van der Waals surface area (Å²) in [6.07, 6.45) is 4.91. The Balaban J connectivity index is 0.000000117. The minimum Gasteiger partial charge on any atom is -0.355 e. The summed E-state index contributed by atoms with van der Waals surface area (Å²) >= 11 is 0. The number of para-hydroxylation sites is 1. The third kappa shape index (κ3) is 25.5. The third-order valence-corrected chi connectivity index (χ3v) is 21.8. The van der Waals surface area contributed by atoms with E-state index in [1.807, 2.05) is 24.3 Å². The lowest BCUT2D eigenvalue weighted by Crippen LogP contribution is -1.90. The molecule has 0 saturated heterocycles. The van der Waals surface area contributed by atoms with Crippen LogP contribution in [0.5, 0.6) is 0 Å². The van der Waals surface area contributed by atoms with E-state index in [0.717, 1.165) is 43.5 Å². The van der Waals surface area contributed by atoms with Crippen molar-refractivity contribution in [2.45, 2.75) is 32.1 Å². The van der Waals surface area contributed by atoms with Gasteiger partial charge in [-0.25, -0.2) is 0 Å². The molecule has 124 heavy (non-hydrogen) atoms. The van der Waals surface area contributed by atoms with Crippen molar-refractivity contribution >= 4 is 22.1 Å². The molecule has 1 nitrogen and oxygen atoms in total. The Kier molecular flexibility index (Phi) is 30.3. The molecule has 0 heterocycles. The van der Waals surface area contributed by atoms with Crippen LogP contribution in [0.3, 0.4) is 0 Å². The van der Waals surface area contributed by atoms with Crippen molar-refractivity contribution in [3.63, 3.8) is 0 Å². The van der Waals surface area contributed by atoms with Crippen molar-refractivity contribution in [1.82, 2.24) is 0 Å². The molecule has 0 saturated carbocycles. The molecule has 20 aromatic rings. The second kappa shape index (κ2) is 45.0. The molecule has 20 rings (SSSR count). The van der Waals surface area contributed by atoms with E-state index < -0.39 is 0 Å². The standard InChI is InChI=1S/3C25H20.C19H16.C16H13N.C13H12/c1-3-11-22(12-4-1)24-15-7-9-20(18-24)17-21-10-8-16-25(19-21)23-13-5-2-6-14-23;1-3-7-22(8-4-1)24-15-11-20(12-16-24)19-21-13-17-25(18-14-21)23-9-5-2-6-10-23;1-3-7-20(8-4-1)19-21-11-13-23(14-12-21)25-17-15-24(16-18-25)22-9-5-2-6-10-22;1-3-7-16(8-4-1)15-17-11-13-19(14-12-17)18-9-5-2-6-10-18;1-2-9-14(10-3-1)17-16-12-6-8-13-7-4-5-11-15(13)16;1-3-7-12(8-4-1)11-13-9-5-2-6-10-13/h1-16,18-19H,17H2;2*1-18H,19H2;1-14H,15H2;1-12,17H;1-10H,11H2. The first-order valence-corrected chi connectivity index (χ1v) is 42.9. The first-order chi connectivity index (χ1) is 61.4. The minimum atomic E-state index is 0.946. The van der Waals surface area contributed by atoms with Crippen molar-refractivity contribution in [3.05, 3.63) is 602 Å². The molecule has 0 bridgehead atoms. The summed E-state index contributed by atoms with van der Waals surface area (Å²) in [5.74, 6) is 0. The van der Waals surface area contributed by atoms with Gasteiger partial charge in [0.15, 0.2) is 0 Å². The highest BCUT2D eigenvalue weighted by atomic mass is 14.9. The molecule has 20 aromatic carbocycles. The molecule has 598 valence electrons. The molecule has 1 heteroatoms. The first kappa shape index (κ1) is 83.5. The van der Waals surface area contributed by atoms with E-state index in [0.29, 0.717) is 0 Å². The van der Waals surface area contributed by atoms with E-state index in [-0.39, 0.29) is 0 Å². The van der Waals surface area contributed by atoms with Crippen LogP contribution in [0.4, 0.5) is 11.4 Å². The predicted octanol–water partition coefficient (Wildman–Crippen LogP) is 32.6. The van der Waals surface area contributed by atoms with Gasteiger partial charge in [-0.2, -0.15) is 0 Å². The Hall–Kier alpha value is -15.5. The molecule has 0 unspecified atom stereocenters. The zero-order chi connectivity index (χ0) is 84.0. The summed E-state index contributed by atoms with van der Waals surface area (Å²) in [4.78, 5) is 0. The normalized spacial score (nSPS) is 10.4. The van der Waals surface area contributed by atoms with Crippen LogP contribution < -0.4 is 5.32 Å². The van der Waals surface area contributed by atoms with Gasteiger partial charge in [0.25, 0.3) is 0 Å². The largest absolute Gasteiger partial charge is 0.355 e. The molecule has 0 radical (unpaired) electrons. The predicted molar refractivity (Wildman–Crippen MR) is 530 cm³/mol. The number of nitrogens with one attached hydrogen (secondary N) is 1. The summed E-state index contributed by atoms with van der Waals surface area (Å²) in [6, 6.07) is 192. The van der Waals surface area contributed by atoms with E-state index in [1.165, 1.54) is 144 Å². The van der Waals surface area contributed by atoms with Gasteiger partial charge in [-0.3, -0.25) is 0 Å². The van der Waals surface area contributed by atoms with E-state index in [9.17, 15) is 0 Å². The van der Waals surface area contributed by atoms with Crippen molar-refractivity contribution in [1.29, 1.82) is 0 Å². The Bertz CT molecular complexity index is 6240. The van der Waals surface area contributed by atoms with Crippen molar-refractivity contribution in [3.8, 4) is 77.9 Å². The second-order valence-corrected chi connectivity index (χ2v) is 30.8. The third-order valence-electron chi connectivity index (χ3n) is 21.8. The van der Waals surface area contributed by atoms with E-state index in [4.69, 9.17) is 0 Å². The van der Waals surface area contributed by atoms with Gasteiger partial charge >= 0.3 is 0 Å². The average Bonchev–Trinajstić information content (AvgIpc) is 0.828. The lowest BCUT2D eigenvalue weighted by Gasteiger charge is -2.09. The van der Waals surface area contributed by atoms with Gasteiger partial charge in [-0.05, 0) is 189 Å². The fourth-order valence-electron chi connectivity index (χ4n) is 15.2. The van der Waals surface area contributed by atoms with E-state index >= 15 is 0 Å². The van der Waals surface area contributed by atoms with Gasteiger partial charge < -0.3 is 5.32 Å². The molecule has 0 spiro atoms. The molecule has 0 aromatic heterocycles. The van der Waals surface area contributed by atoms with Crippen LogP contribution in [0.25, 0.3) is 88.7 Å². The summed E-state index contributed by atoms with van der Waals surface area (Å²) in [5.41, 5.74) is 33.5. The number of hydrogen-bond donors (Lipinski definition) is 1. The van der Waals surface area contributed by atoms with E-state index in [1.54, 1.807) is 0 Å². The SMILES string of the molecule is c1ccc(-c2ccc(Cc3ccc(-c4ccccc4)cc3)cc2)cc1.c1ccc(-c2cccc(Cc3cccc(-c4ccccc4)c3)c2)cc1.c1ccc(Cc2ccc(-c3ccc(-c4ccccc4)cc3)cc2)cc1.c1ccc(Cc2ccc(-c3ccccc3)cc2)cc1.c1ccc(Cc2ccccc2)cc1.c1ccc(Nc2cccc3ccccc23)cc1.